The molecule has 0 saturated carbocycles. The number of benzene rings is 1. The van der Waals surface area contributed by atoms with E-state index in [0.29, 0.717) is 5.92 Å². The Morgan fingerprint density at radius 2 is 2.00 bits per heavy atom. The summed E-state index contributed by atoms with van der Waals surface area (Å²) in [4.78, 5) is 0. The first-order valence-electron chi connectivity index (χ1n) is 6.27. The SMILES string of the molecule is CC(C)c1ccc(OCCCCCN)cc1Cl. The summed E-state index contributed by atoms with van der Waals surface area (Å²) < 4.78 is 5.64. The van der Waals surface area contributed by atoms with Crippen molar-refractivity contribution in [3.8, 4) is 5.75 Å². The van der Waals surface area contributed by atoms with Crippen LogP contribution in [0.3, 0.4) is 0 Å². The van der Waals surface area contributed by atoms with Crippen LogP contribution in [0.1, 0.15) is 44.6 Å². The van der Waals surface area contributed by atoms with E-state index in [4.69, 9.17) is 22.1 Å². The van der Waals surface area contributed by atoms with Crippen molar-refractivity contribution in [3.05, 3.63) is 28.8 Å². The molecule has 0 aliphatic rings. The van der Waals surface area contributed by atoms with Crippen LogP contribution in [-0.2, 0) is 0 Å². The average molecular weight is 256 g/mol. The molecule has 0 bridgehead atoms. The highest BCUT2D eigenvalue weighted by Crippen LogP contribution is 2.28. The molecule has 96 valence electrons. The molecule has 0 aromatic heterocycles. The third-order valence-corrected chi connectivity index (χ3v) is 3.04. The van der Waals surface area contributed by atoms with Crippen molar-refractivity contribution < 1.29 is 4.74 Å². The maximum absolute atomic E-state index is 6.19. The maximum atomic E-state index is 6.19. The molecule has 2 nitrogen and oxygen atoms in total. The Kier molecular flexibility index (Phi) is 6.38. The molecule has 1 rings (SSSR count). The highest BCUT2D eigenvalue weighted by molar-refractivity contribution is 6.31. The third-order valence-electron chi connectivity index (χ3n) is 2.71. The van der Waals surface area contributed by atoms with Crippen LogP contribution in [0.15, 0.2) is 18.2 Å². The molecule has 1 aromatic carbocycles. The van der Waals surface area contributed by atoms with Gasteiger partial charge >= 0.3 is 0 Å². The molecule has 17 heavy (non-hydrogen) atoms. The number of unbranched alkanes of at least 4 members (excludes halogenated alkanes) is 2. The van der Waals surface area contributed by atoms with E-state index in [2.05, 4.69) is 13.8 Å². The number of nitrogens with two attached hydrogens (primary N) is 1. The first-order chi connectivity index (χ1) is 8.15. The molecule has 0 spiro atoms. The third kappa shape index (κ3) is 4.97. The van der Waals surface area contributed by atoms with Gasteiger partial charge in [0.05, 0.1) is 6.61 Å². The second-order valence-corrected chi connectivity index (χ2v) is 4.94. The molecule has 0 saturated heterocycles. The lowest BCUT2D eigenvalue weighted by atomic mass is 10.0. The van der Waals surface area contributed by atoms with E-state index in [1.165, 1.54) is 5.56 Å². The maximum Gasteiger partial charge on any atom is 0.120 e. The fraction of sp³-hybridized carbons (Fsp3) is 0.571. The fourth-order valence-electron chi connectivity index (χ4n) is 1.68. The van der Waals surface area contributed by atoms with Crippen LogP contribution >= 0.6 is 11.6 Å². The van der Waals surface area contributed by atoms with Crippen molar-refractivity contribution in [2.75, 3.05) is 13.2 Å². The molecule has 2 N–H and O–H groups in total. The molecule has 0 unspecified atom stereocenters. The molecule has 0 amide bonds. The zero-order valence-electron chi connectivity index (χ0n) is 10.7. The molecule has 0 aliphatic carbocycles. The lowest BCUT2D eigenvalue weighted by molar-refractivity contribution is 0.305. The number of ether oxygens (including phenoxy) is 1. The number of hydrogen-bond acceptors (Lipinski definition) is 2. The zero-order valence-corrected chi connectivity index (χ0v) is 11.5. The summed E-state index contributed by atoms with van der Waals surface area (Å²) >= 11 is 6.19. The molecular weight excluding hydrogens is 234 g/mol. The van der Waals surface area contributed by atoms with Crippen molar-refractivity contribution >= 4 is 11.6 Å². The monoisotopic (exact) mass is 255 g/mol. The topological polar surface area (TPSA) is 35.2 Å². The molecule has 0 heterocycles. The number of rotatable bonds is 7. The summed E-state index contributed by atoms with van der Waals surface area (Å²) in [5.74, 6) is 1.30. The Labute approximate surface area is 109 Å². The van der Waals surface area contributed by atoms with E-state index in [-0.39, 0.29) is 0 Å². The normalized spacial score (nSPS) is 10.9. The van der Waals surface area contributed by atoms with Crippen molar-refractivity contribution in [1.29, 1.82) is 0 Å². The molecule has 1 aromatic rings. The van der Waals surface area contributed by atoms with E-state index >= 15 is 0 Å². The van der Waals surface area contributed by atoms with Crippen LogP contribution in [0.5, 0.6) is 5.75 Å². The minimum Gasteiger partial charge on any atom is -0.494 e. The van der Waals surface area contributed by atoms with Gasteiger partial charge in [-0.25, -0.2) is 0 Å². The van der Waals surface area contributed by atoms with Crippen molar-refractivity contribution in [2.45, 2.75) is 39.0 Å². The first kappa shape index (κ1) is 14.3. The van der Waals surface area contributed by atoms with Gasteiger partial charge in [0.1, 0.15) is 5.75 Å². The van der Waals surface area contributed by atoms with Gasteiger partial charge in [-0.3, -0.25) is 0 Å². The lowest BCUT2D eigenvalue weighted by Gasteiger charge is -2.11. The van der Waals surface area contributed by atoms with Crippen LogP contribution in [-0.4, -0.2) is 13.2 Å². The van der Waals surface area contributed by atoms with Crippen LogP contribution in [0.2, 0.25) is 5.02 Å². The predicted octanol–water partition coefficient (Wildman–Crippen LogP) is 3.97. The minimum absolute atomic E-state index is 0.445. The summed E-state index contributed by atoms with van der Waals surface area (Å²) in [6, 6.07) is 5.94. The van der Waals surface area contributed by atoms with Crippen LogP contribution in [0.25, 0.3) is 0 Å². The molecule has 0 fully saturated rings. The minimum atomic E-state index is 0.445. The zero-order chi connectivity index (χ0) is 12.7. The summed E-state index contributed by atoms with van der Waals surface area (Å²) in [5, 5.41) is 0.791. The highest BCUT2D eigenvalue weighted by atomic mass is 35.5. The quantitative estimate of drug-likeness (QED) is 0.749. The predicted molar refractivity (Wildman–Crippen MR) is 73.9 cm³/mol. The molecule has 0 atom stereocenters. The van der Waals surface area contributed by atoms with Gasteiger partial charge in [-0.2, -0.15) is 0 Å². The van der Waals surface area contributed by atoms with Gasteiger partial charge in [0.15, 0.2) is 0 Å². The largest absolute Gasteiger partial charge is 0.494 e. The average Bonchev–Trinajstić information content (AvgIpc) is 2.28. The Balaban J connectivity index is 2.42. The van der Waals surface area contributed by atoms with Gasteiger partial charge in [-0.05, 0) is 49.4 Å². The second kappa shape index (κ2) is 7.57. The number of halogens is 1. The van der Waals surface area contributed by atoms with Gasteiger partial charge < -0.3 is 10.5 Å². The van der Waals surface area contributed by atoms with Gasteiger partial charge in [-0.1, -0.05) is 31.5 Å². The summed E-state index contributed by atoms with van der Waals surface area (Å²) in [5.41, 5.74) is 6.60. The lowest BCUT2D eigenvalue weighted by Crippen LogP contribution is -2.01. The van der Waals surface area contributed by atoms with E-state index in [9.17, 15) is 0 Å². The van der Waals surface area contributed by atoms with E-state index in [1.54, 1.807) is 0 Å². The van der Waals surface area contributed by atoms with Crippen molar-refractivity contribution in [1.82, 2.24) is 0 Å². The van der Waals surface area contributed by atoms with Gasteiger partial charge in [0.25, 0.3) is 0 Å². The second-order valence-electron chi connectivity index (χ2n) is 4.54. The Bertz CT molecular complexity index is 339. The summed E-state index contributed by atoms with van der Waals surface area (Å²) in [6.07, 6.45) is 3.23. The van der Waals surface area contributed by atoms with Gasteiger partial charge in [-0.15, -0.1) is 0 Å². The summed E-state index contributed by atoms with van der Waals surface area (Å²) in [6.45, 7) is 5.76. The smallest absolute Gasteiger partial charge is 0.120 e. The van der Waals surface area contributed by atoms with E-state index in [0.717, 1.165) is 43.2 Å². The van der Waals surface area contributed by atoms with Gasteiger partial charge in [0, 0.05) is 5.02 Å². The Morgan fingerprint density at radius 3 is 2.59 bits per heavy atom. The molecular formula is C14H22ClNO. The standard InChI is InChI=1S/C14H22ClNO/c1-11(2)13-7-6-12(10-14(13)15)17-9-5-3-4-8-16/h6-7,10-11H,3-5,8-9,16H2,1-2H3. The molecule has 3 heteroatoms. The van der Waals surface area contributed by atoms with Crippen molar-refractivity contribution in [3.63, 3.8) is 0 Å². The Hall–Kier alpha value is -0.730. The molecule has 0 aliphatic heterocycles. The first-order valence-corrected chi connectivity index (χ1v) is 6.65. The van der Waals surface area contributed by atoms with E-state index < -0.39 is 0 Å². The number of hydrogen-bond donors (Lipinski definition) is 1. The summed E-state index contributed by atoms with van der Waals surface area (Å²) in [7, 11) is 0. The fourth-order valence-corrected chi connectivity index (χ4v) is 2.07. The Morgan fingerprint density at radius 1 is 1.24 bits per heavy atom. The molecule has 0 radical (unpaired) electrons. The highest BCUT2D eigenvalue weighted by Gasteiger charge is 2.06. The van der Waals surface area contributed by atoms with Crippen LogP contribution in [0.4, 0.5) is 0 Å². The van der Waals surface area contributed by atoms with Crippen LogP contribution in [0, 0.1) is 0 Å². The van der Waals surface area contributed by atoms with Crippen LogP contribution < -0.4 is 10.5 Å². The van der Waals surface area contributed by atoms with Crippen molar-refractivity contribution in [2.24, 2.45) is 5.73 Å². The van der Waals surface area contributed by atoms with E-state index in [1.807, 2.05) is 18.2 Å². The van der Waals surface area contributed by atoms with Gasteiger partial charge in [0.2, 0.25) is 0 Å².